The molecule has 6 heterocycles. The molecular weight excluding hydrogens is 516 g/mol. The van der Waals surface area contributed by atoms with Gasteiger partial charge in [-0.15, -0.1) is 0 Å². The molecule has 3 aromatic rings. The number of aromatic amines is 2. The Hall–Kier alpha value is -4.20. The van der Waals surface area contributed by atoms with Crippen LogP contribution in [0.1, 0.15) is 114 Å². The highest BCUT2D eigenvalue weighted by Gasteiger charge is 2.35. The summed E-state index contributed by atoms with van der Waals surface area (Å²) in [6.45, 7) is 12.7. The molecule has 8 nitrogen and oxygen atoms in total. The number of carboxylic acids is 1. The van der Waals surface area contributed by atoms with Gasteiger partial charge in [0.25, 0.3) is 0 Å². The highest BCUT2D eigenvalue weighted by molar-refractivity contribution is 6.04. The van der Waals surface area contributed by atoms with Crippen molar-refractivity contribution in [3.05, 3.63) is 68.8 Å². The van der Waals surface area contributed by atoms with E-state index in [9.17, 15) is 14.7 Å². The highest BCUT2D eigenvalue weighted by Crippen LogP contribution is 2.43. The van der Waals surface area contributed by atoms with Crippen molar-refractivity contribution in [2.24, 2.45) is 0 Å². The van der Waals surface area contributed by atoms with E-state index in [1.54, 1.807) is 0 Å². The van der Waals surface area contributed by atoms with Gasteiger partial charge in [-0.3, -0.25) is 9.78 Å². The predicted octanol–water partition coefficient (Wildman–Crippen LogP) is 7.26. The average molecular weight is 553 g/mol. The molecule has 3 aliphatic rings. The molecule has 3 N–H and O–H groups in total. The Kier molecular flexibility index (Phi) is 6.59. The summed E-state index contributed by atoms with van der Waals surface area (Å²) >= 11 is 0. The van der Waals surface area contributed by atoms with Gasteiger partial charge in [0.2, 0.25) is 0 Å². The molecule has 6 rings (SSSR count). The molecule has 8 bridgehead atoms. The molecule has 0 aliphatic carbocycles. The van der Waals surface area contributed by atoms with E-state index in [2.05, 4.69) is 56.7 Å². The number of nitrogens with zero attached hydrogens (tertiary/aromatic N) is 2. The summed E-state index contributed by atoms with van der Waals surface area (Å²) < 4.78 is 5.70. The van der Waals surface area contributed by atoms with Crippen LogP contribution in [0.3, 0.4) is 0 Å². The molecule has 41 heavy (non-hydrogen) atoms. The maximum Gasteiger partial charge on any atom is 0.340 e. The number of hydrogen-bond donors (Lipinski definition) is 3. The molecule has 0 saturated heterocycles. The number of esters is 1. The Bertz CT molecular complexity index is 1820. The lowest BCUT2D eigenvalue weighted by atomic mass is 9.85. The van der Waals surface area contributed by atoms with E-state index in [-0.39, 0.29) is 30.8 Å². The van der Waals surface area contributed by atoms with Crippen LogP contribution >= 0.6 is 0 Å². The molecule has 2 atom stereocenters. The van der Waals surface area contributed by atoms with Crippen LogP contribution in [0.2, 0.25) is 0 Å². The van der Waals surface area contributed by atoms with Crippen molar-refractivity contribution in [2.45, 2.75) is 85.7 Å². The van der Waals surface area contributed by atoms with Gasteiger partial charge in [0, 0.05) is 46.1 Å². The fourth-order valence-corrected chi connectivity index (χ4v) is 6.77. The van der Waals surface area contributed by atoms with Crippen LogP contribution in [0.4, 0.5) is 0 Å². The molecule has 8 heteroatoms. The van der Waals surface area contributed by atoms with Crippen LogP contribution in [-0.2, 0) is 22.6 Å². The van der Waals surface area contributed by atoms with Crippen molar-refractivity contribution < 1.29 is 19.4 Å². The van der Waals surface area contributed by atoms with Crippen LogP contribution in [0.5, 0.6) is 0 Å². The van der Waals surface area contributed by atoms with Crippen LogP contribution in [0.25, 0.3) is 33.2 Å². The van der Waals surface area contributed by atoms with Gasteiger partial charge in [0.1, 0.15) is 6.61 Å². The number of allylic oxidation sites excluding steroid dienone is 2. The molecule has 0 amide bonds. The van der Waals surface area contributed by atoms with Crippen LogP contribution in [-0.4, -0.2) is 37.0 Å². The molecule has 0 unspecified atom stereocenters. The van der Waals surface area contributed by atoms with Gasteiger partial charge in [-0.05, 0) is 86.1 Å². The van der Waals surface area contributed by atoms with Crippen molar-refractivity contribution in [2.75, 3.05) is 0 Å². The van der Waals surface area contributed by atoms with Crippen LogP contribution in [0.15, 0.2) is 18.2 Å². The normalized spacial score (nSPS) is 18.1. The number of carboxylic acid groups (broad SMARTS) is 1. The molecule has 212 valence electrons. The number of aryl methyl sites for hydroxylation is 3. The molecule has 3 aliphatic heterocycles. The second-order valence-electron chi connectivity index (χ2n) is 11.4. The predicted molar refractivity (Wildman–Crippen MR) is 160 cm³/mol. The second kappa shape index (κ2) is 10.0. The Morgan fingerprint density at radius 2 is 1.73 bits per heavy atom. The summed E-state index contributed by atoms with van der Waals surface area (Å²) in [7, 11) is 0. The third-order valence-corrected chi connectivity index (χ3v) is 9.19. The van der Waals surface area contributed by atoms with Crippen LogP contribution in [0, 0.1) is 13.8 Å². The quantitative estimate of drug-likeness (QED) is 0.287. The third kappa shape index (κ3) is 4.28. The lowest BCUT2D eigenvalue weighted by Gasteiger charge is -2.19. The lowest BCUT2D eigenvalue weighted by Crippen LogP contribution is -2.15. The Morgan fingerprint density at radius 1 is 1.00 bits per heavy atom. The van der Waals surface area contributed by atoms with Gasteiger partial charge in [-0.2, -0.15) is 0 Å². The van der Waals surface area contributed by atoms with E-state index in [0.717, 1.165) is 68.9 Å². The fourth-order valence-electron chi connectivity index (χ4n) is 6.77. The number of H-pyrrole nitrogens is 2. The Balaban J connectivity index is 1.78. The van der Waals surface area contributed by atoms with Gasteiger partial charge < -0.3 is 19.8 Å². The van der Waals surface area contributed by atoms with Crippen LogP contribution < -0.4 is 0 Å². The van der Waals surface area contributed by atoms with Crippen molar-refractivity contribution in [1.29, 1.82) is 0 Å². The highest BCUT2D eigenvalue weighted by atomic mass is 16.5. The van der Waals surface area contributed by atoms with E-state index < -0.39 is 5.97 Å². The van der Waals surface area contributed by atoms with Gasteiger partial charge >= 0.3 is 11.9 Å². The van der Waals surface area contributed by atoms with Gasteiger partial charge in [0.15, 0.2) is 0 Å². The van der Waals surface area contributed by atoms with Gasteiger partial charge in [-0.1, -0.05) is 20.8 Å². The van der Waals surface area contributed by atoms with E-state index in [4.69, 9.17) is 14.7 Å². The van der Waals surface area contributed by atoms with E-state index in [1.165, 1.54) is 16.7 Å². The van der Waals surface area contributed by atoms with Crippen molar-refractivity contribution in [3.63, 3.8) is 0 Å². The molecule has 0 spiro atoms. The number of hydrogen-bond acceptors (Lipinski definition) is 5. The smallest absolute Gasteiger partial charge is 0.340 e. The maximum absolute atomic E-state index is 13.0. The van der Waals surface area contributed by atoms with Gasteiger partial charge in [0.05, 0.1) is 28.2 Å². The minimum Gasteiger partial charge on any atom is -0.481 e. The first-order valence-electron chi connectivity index (χ1n) is 14.5. The molecule has 0 radical (unpaired) electrons. The summed E-state index contributed by atoms with van der Waals surface area (Å²) in [4.78, 5) is 42.0. The second-order valence-corrected chi connectivity index (χ2v) is 11.4. The number of aliphatic carboxylic acids is 1. The first-order valence-corrected chi connectivity index (χ1v) is 14.5. The summed E-state index contributed by atoms with van der Waals surface area (Å²) in [5.41, 5.74) is 13.9. The monoisotopic (exact) mass is 552 g/mol. The minimum atomic E-state index is -0.836. The fraction of sp³-hybridized carbons (Fsp3) is 0.394. The zero-order valence-corrected chi connectivity index (χ0v) is 24.5. The molecule has 0 fully saturated rings. The molecule has 0 saturated carbocycles. The number of carbonyl (C=O) groups is 2. The van der Waals surface area contributed by atoms with Crippen molar-refractivity contribution in [3.8, 4) is 0 Å². The topological polar surface area (TPSA) is 121 Å². The number of nitrogens with one attached hydrogen (secondary N) is 2. The number of rotatable bonds is 5. The van der Waals surface area contributed by atoms with Crippen molar-refractivity contribution in [1.82, 2.24) is 19.9 Å². The van der Waals surface area contributed by atoms with E-state index >= 15 is 0 Å². The summed E-state index contributed by atoms with van der Waals surface area (Å²) in [6.07, 6.45) is 2.19. The summed E-state index contributed by atoms with van der Waals surface area (Å²) in [5.74, 6) is -1.33. The first kappa shape index (κ1) is 27.0. The number of aromatic nitrogens is 4. The Morgan fingerprint density at radius 3 is 2.44 bits per heavy atom. The standard InChI is InChI=1S/C33H36N4O4/c1-7-19-15(3)23-11-25-17(5)21(9-10-29(38)39)31(36-25)22-14-41-33(40)30-18(6)26(37-32(22)30)13-28-20(8-2)16(4)24(35-28)12-27(19)34-23/h11-13,17,21,34,37H,7-10,14H2,1-6H3,(H,38,39)/t17-,21-/m0/s1. The van der Waals surface area contributed by atoms with E-state index in [1.807, 2.05) is 13.0 Å². The lowest BCUT2D eigenvalue weighted by molar-refractivity contribution is -0.137. The number of carbonyl (C=O) groups excluding carboxylic acids is 1. The molecule has 3 aromatic heterocycles. The van der Waals surface area contributed by atoms with Crippen molar-refractivity contribution >= 4 is 45.2 Å². The van der Waals surface area contributed by atoms with E-state index in [0.29, 0.717) is 17.5 Å². The maximum atomic E-state index is 13.0. The Labute approximate surface area is 238 Å². The number of ether oxygens (including phenoxy) is 1. The number of cyclic esters (lactones) is 1. The first-order chi connectivity index (χ1) is 19.6. The largest absolute Gasteiger partial charge is 0.481 e. The SMILES string of the molecule is CCC1=C(C)c2cc3[nH]c(cc4nc(c5c6[nH]c(cc1n2)c(C)c6C(=O)OC5)[C@@H](CCC(=O)O)[C@@H]4C)c(C)c3CC. The molecular formula is C33H36N4O4. The zero-order chi connectivity index (χ0) is 29.2. The molecule has 0 aromatic carbocycles. The third-order valence-electron chi connectivity index (χ3n) is 9.19. The average Bonchev–Trinajstić information content (AvgIpc) is 3.61. The van der Waals surface area contributed by atoms with Gasteiger partial charge in [-0.25, -0.2) is 9.78 Å². The number of fused-ring (bicyclic) bond motifs is 8. The zero-order valence-electron chi connectivity index (χ0n) is 24.5. The summed E-state index contributed by atoms with van der Waals surface area (Å²) in [5, 5.41) is 9.52. The summed E-state index contributed by atoms with van der Waals surface area (Å²) in [6, 6.07) is 6.28. The minimum absolute atomic E-state index is 0.0101.